The van der Waals surface area contributed by atoms with Gasteiger partial charge in [-0.1, -0.05) is 11.6 Å². The fourth-order valence-electron chi connectivity index (χ4n) is 0.306. The first-order valence-corrected chi connectivity index (χ1v) is 3.42. The van der Waals surface area contributed by atoms with Crippen molar-refractivity contribution >= 4 is 20.8 Å². The van der Waals surface area contributed by atoms with Crippen LogP contribution in [0.4, 0.5) is 0 Å². The van der Waals surface area contributed by atoms with E-state index < -0.39 is 14.7 Å². The first kappa shape index (κ1) is 5.05. The van der Waals surface area contributed by atoms with Crippen molar-refractivity contribution in [3.63, 3.8) is 0 Å². The molecule has 1 saturated heterocycles. The highest BCUT2D eigenvalue weighted by Crippen LogP contribution is 2.05. The second-order valence-corrected chi connectivity index (χ2v) is 2.60. The Labute approximate surface area is 47.1 Å². The Kier molecular flexibility index (Phi) is 1.29. The maximum Gasteiger partial charge on any atom is 0.768 e. The molecule has 3 nitrogen and oxygen atoms in total. The van der Waals surface area contributed by atoms with Gasteiger partial charge in [0, 0.05) is 0 Å². The summed E-state index contributed by atoms with van der Waals surface area (Å²) in [6.07, 6.45) is 0. The molecule has 0 saturated carbocycles. The predicted octanol–water partition coefficient (Wildman–Crippen LogP) is 0.0135. The van der Waals surface area contributed by atoms with Crippen LogP contribution in [0.3, 0.4) is 0 Å². The quantitative estimate of drug-likeness (QED) is 0.350. The van der Waals surface area contributed by atoms with Gasteiger partial charge in [-0.15, -0.1) is 0 Å². The Balaban J connectivity index is 2.40. The highest BCUT2D eigenvalue weighted by atomic mass is 35.5. The molecule has 0 N–H and O–H groups in total. The molecule has 0 aromatic heterocycles. The van der Waals surface area contributed by atoms with Crippen molar-refractivity contribution in [1.29, 1.82) is 0 Å². The van der Waals surface area contributed by atoms with Crippen molar-refractivity contribution in [2.75, 3.05) is 6.61 Å². The molecular weight excluding hydrogens is 136 g/mol. The fourth-order valence-corrected chi connectivity index (χ4v) is 1.33. The van der Waals surface area contributed by atoms with E-state index in [-0.39, 0.29) is 6.61 Å². The number of hydrogen-bond donors (Lipinski definition) is 0. The van der Waals surface area contributed by atoms with Crippen molar-refractivity contribution in [2.24, 2.45) is 0 Å². The molecule has 0 aromatic rings. The van der Waals surface area contributed by atoms with Crippen LogP contribution in [0.2, 0.25) is 0 Å². The molecule has 1 aliphatic rings. The van der Waals surface area contributed by atoms with Gasteiger partial charge in [-0.25, -0.2) is 0 Å². The van der Waals surface area contributed by atoms with Gasteiger partial charge in [-0.2, -0.15) is 0 Å². The van der Waals surface area contributed by atoms with E-state index in [0.717, 1.165) is 0 Å². The fraction of sp³-hybridized carbons (Fsp3) is 1.00. The highest BCUT2D eigenvalue weighted by molar-refractivity contribution is 6.31. The average Bonchev–Trinajstić information content (AvgIpc) is 1.87. The van der Waals surface area contributed by atoms with E-state index in [9.17, 15) is 4.46 Å². The van der Waals surface area contributed by atoms with Gasteiger partial charge >= 0.3 is 9.17 Å². The molecule has 0 aromatic carbocycles. The Morgan fingerprint density at radius 1 is 1.86 bits per heavy atom. The van der Waals surface area contributed by atoms with Gasteiger partial charge in [-0.3, -0.25) is 4.46 Å². The van der Waals surface area contributed by atoms with Gasteiger partial charge in [0.2, 0.25) is 0 Å². The van der Waals surface area contributed by atoms with E-state index in [1.165, 1.54) is 0 Å². The van der Waals surface area contributed by atoms with Gasteiger partial charge in [0.1, 0.15) is 6.61 Å². The number of alkyl halides is 1. The van der Waals surface area contributed by atoms with Gasteiger partial charge in [0.15, 0.2) is 5.56 Å². The number of halogens is 1. The summed E-state index contributed by atoms with van der Waals surface area (Å²) in [6, 6.07) is 0. The zero-order valence-electron chi connectivity index (χ0n) is 3.39. The lowest BCUT2D eigenvalue weighted by atomic mass is 10.8. The molecule has 0 bridgehead atoms. The van der Waals surface area contributed by atoms with Crippen molar-refractivity contribution in [1.82, 2.24) is 0 Å². The van der Waals surface area contributed by atoms with Crippen LogP contribution in [0.5, 0.6) is 0 Å². The third-order valence-electron chi connectivity index (χ3n) is 0.556. The summed E-state index contributed by atoms with van der Waals surface area (Å²) in [5.41, 5.74) is -0.494. The minimum atomic E-state index is -2.19. The minimum absolute atomic E-state index is 0.249. The number of hydrogen-bond acceptors (Lipinski definition) is 3. The van der Waals surface area contributed by atoms with Gasteiger partial charge in [-0.05, 0) is 0 Å². The number of rotatable bonds is 0. The summed E-state index contributed by atoms with van der Waals surface area (Å²) >= 11 is 5.29. The van der Waals surface area contributed by atoms with Crippen LogP contribution in [0.25, 0.3) is 0 Å². The molecule has 1 aliphatic heterocycles. The van der Waals surface area contributed by atoms with Gasteiger partial charge < -0.3 is 8.85 Å². The zero-order valence-corrected chi connectivity index (χ0v) is 5.14. The zero-order chi connectivity index (χ0) is 5.28. The standard InChI is InChI=1S/C2H3ClO3Si/c3-2-1-5-7(4)6-2/h2H,1H2. The highest BCUT2D eigenvalue weighted by Gasteiger charge is 2.25. The summed E-state index contributed by atoms with van der Waals surface area (Å²) in [4.78, 5) is 0. The molecule has 0 aliphatic carbocycles. The molecule has 0 radical (unpaired) electrons. The summed E-state index contributed by atoms with van der Waals surface area (Å²) < 4.78 is 19.0. The average molecular weight is 139 g/mol. The molecule has 1 rings (SSSR count). The predicted molar refractivity (Wildman–Crippen MR) is 23.1 cm³/mol. The summed E-state index contributed by atoms with van der Waals surface area (Å²) in [6.45, 7) is 0.249. The molecular formula is C2H3ClO3Si. The van der Waals surface area contributed by atoms with Crippen LogP contribution >= 0.6 is 11.6 Å². The van der Waals surface area contributed by atoms with Crippen LogP contribution in [0.15, 0.2) is 0 Å². The van der Waals surface area contributed by atoms with E-state index in [2.05, 4.69) is 8.85 Å². The van der Waals surface area contributed by atoms with Crippen LogP contribution < -0.4 is 0 Å². The molecule has 0 spiro atoms. The van der Waals surface area contributed by atoms with E-state index in [1.54, 1.807) is 0 Å². The normalized spacial score (nSPS) is 29.3. The summed E-state index contributed by atoms with van der Waals surface area (Å²) in [5, 5.41) is 0. The lowest BCUT2D eigenvalue weighted by Gasteiger charge is -1.89. The molecule has 1 heterocycles. The van der Waals surface area contributed by atoms with Crippen molar-refractivity contribution in [3.05, 3.63) is 0 Å². The largest absolute Gasteiger partial charge is 0.768 e. The Hall–Kier alpha value is -0.0931. The van der Waals surface area contributed by atoms with Crippen LogP contribution in [0.1, 0.15) is 0 Å². The Morgan fingerprint density at radius 3 is 2.71 bits per heavy atom. The molecule has 0 amide bonds. The van der Waals surface area contributed by atoms with Crippen molar-refractivity contribution < 1.29 is 13.3 Å². The molecule has 1 atom stereocenters. The lowest BCUT2D eigenvalue weighted by molar-refractivity contribution is 0.298. The smallest absolute Gasteiger partial charge is 0.491 e. The second-order valence-electron chi connectivity index (χ2n) is 1.09. The van der Waals surface area contributed by atoms with Crippen LogP contribution in [0, 0.1) is 0 Å². The van der Waals surface area contributed by atoms with E-state index in [0.29, 0.717) is 0 Å². The molecule has 7 heavy (non-hydrogen) atoms. The summed E-state index contributed by atoms with van der Waals surface area (Å²) in [7, 11) is -2.19. The monoisotopic (exact) mass is 138 g/mol. The van der Waals surface area contributed by atoms with Crippen LogP contribution in [-0.2, 0) is 13.3 Å². The van der Waals surface area contributed by atoms with Crippen LogP contribution in [-0.4, -0.2) is 21.3 Å². The molecule has 1 unspecified atom stereocenters. The first-order valence-electron chi connectivity index (χ1n) is 1.76. The molecule has 5 heteroatoms. The maximum atomic E-state index is 10.1. The van der Waals surface area contributed by atoms with Crippen molar-refractivity contribution in [2.45, 2.75) is 5.56 Å². The van der Waals surface area contributed by atoms with E-state index in [1.807, 2.05) is 0 Å². The second kappa shape index (κ2) is 1.79. The lowest BCUT2D eigenvalue weighted by Crippen LogP contribution is -2.00. The van der Waals surface area contributed by atoms with E-state index in [4.69, 9.17) is 11.6 Å². The summed E-state index contributed by atoms with van der Waals surface area (Å²) in [5.74, 6) is 0. The minimum Gasteiger partial charge on any atom is -0.491 e. The maximum absolute atomic E-state index is 10.1. The third-order valence-corrected chi connectivity index (χ3v) is 1.80. The van der Waals surface area contributed by atoms with Gasteiger partial charge in [0.25, 0.3) is 0 Å². The van der Waals surface area contributed by atoms with Crippen molar-refractivity contribution in [3.8, 4) is 0 Å². The SMILES string of the molecule is O=[Si]1OCC(Cl)O1. The Bertz CT molecular complexity index is 94.9. The Morgan fingerprint density at radius 2 is 2.57 bits per heavy atom. The van der Waals surface area contributed by atoms with Gasteiger partial charge in [0.05, 0.1) is 0 Å². The first-order chi connectivity index (χ1) is 3.29. The van der Waals surface area contributed by atoms with E-state index >= 15 is 0 Å². The molecule has 1 fully saturated rings. The molecule has 40 valence electrons. The third kappa shape index (κ3) is 1.14. The topological polar surface area (TPSA) is 35.5 Å².